The van der Waals surface area contributed by atoms with E-state index in [4.69, 9.17) is 6.57 Å². The molecular formula is C50H28N6O2. The Morgan fingerprint density at radius 2 is 1.17 bits per heavy atom. The molecule has 8 nitrogen and oxygen atoms in total. The van der Waals surface area contributed by atoms with E-state index in [1.54, 1.807) is 43.0 Å². The summed E-state index contributed by atoms with van der Waals surface area (Å²) in [6, 6.07) is 48.6. The van der Waals surface area contributed by atoms with Gasteiger partial charge >= 0.3 is 0 Å². The molecular weight excluding hydrogens is 717 g/mol. The maximum Gasteiger partial charge on any atom is 0.268 e. The molecule has 270 valence electrons. The third-order valence-corrected chi connectivity index (χ3v) is 10.8. The van der Waals surface area contributed by atoms with Crippen molar-refractivity contribution in [2.45, 2.75) is 0 Å². The molecule has 8 heteroatoms. The summed E-state index contributed by atoms with van der Waals surface area (Å²) in [5.41, 5.74) is 10.8. The Hall–Kier alpha value is -8.46. The molecule has 6 aromatic carbocycles. The Labute approximate surface area is 333 Å². The summed E-state index contributed by atoms with van der Waals surface area (Å²) in [5, 5.41) is 11.6. The molecule has 2 amide bonds. The van der Waals surface area contributed by atoms with Gasteiger partial charge in [0.25, 0.3) is 11.8 Å². The predicted molar refractivity (Wildman–Crippen MR) is 227 cm³/mol. The lowest BCUT2D eigenvalue weighted by Crippen LogP contribution is -2.30. The fraction of sp³-hybridized carbons (Fsp3) is 0. The van der Waals surface area contributed by atoms with Gasteiger partial charge in [0.15, 0.2) is 5.69 Å². The average Bonchev–Trinajstić information content (AvgIpc) is 3.75. The first-order valence-corrected chi connectivity index (χ1v) is 18.6. The first-order valence-electron chi connectivity index (χ1n) is 18.6. The predicted octanol–water partition coefficient (Wildman–Crippen LogP) is 11.5. The largest absolute Gasteiger partial charge is 0.308 e. The molecule has 0 aliphatic carbocycles. The minimum absolute atomic E-state index is 0.298. The van der Waals surface area contributed by atoms with Crippen molar-refractivity contribution in [2.24, 2.45) is 0 Å². The van der Waals surface area contributed by atoms with Crippen molar-refractivity contribution in [3.8, 4) is 56.3 Å². The highest BCUT2D eigenvalue weighted by atomic mass is 16.2. The fourth-order valence-corrected chi connectivity index (χ4v) is 8.11. The van der Waals surface area contributed by atoms with Crippen LogP contribution in [0.15, 0.2) is 170 Å². The molecule has 0 atom stereocenters. The van der Waals surface area contributed by atoms with Gasteiger partial charge in [0, 0.05) is 52.3 Å². The van der Waals surface area contributed by atoms with Crippen molar-refractivity contribution in [3.63, 3.8) is 0 Å². The second-order valence-corrected chi connectivity index (χ2v) is 13.9. The number of fused-ring (bicyclic) bond motifs is 4. The number of imide groups is 1. The highest BCUT2D eigenvalue weighted by Gasteiger charge is 2.40. The van der Waals surface area contributed by atoms with Gasteiger partial charge in [-0.3, -0.25) is 19.6 Å². The second kappa shape index (κ2) is 13.7. The summed E-state index contributed by atoms with van der Waals surface area (Å²) in [7, 11) is 0. The van der Waals surface area contributed by atoms with Gasteiger partial charge in [-0.2, -0.15) is 5.26 Å². The van der Waals surface area contributed by atoms with Gasteiger partial charge in [-0.25, -0.2) is 9.74 Å². The molecule has 0 N–H and O–H groups in total. The minimum Gasteiger partial charge on any atom is -0.308 e. The van der Waals surface area contributed by atoms with E-state index in [9.17, 15) is 14.9 Å². The Morgan fingerprint density at radius 1 is 0.534 bits per heavy atom. The normalized spacial score (nSPS) is 12.1. The van der Waals surface area contributed by atoms with E-state index in [2.05, 4.69) is 20.9 Å². The molecule has 1 aliphatic rings. The molecule has 0 saturated carbocycles. The number of pyridine rings is 2. The first-order chi connectivity index (χ1) is 28.5. The lowest BCUT2D eigenvalue weighted by Gasteiger charge is -2.20. The zero-order valence-corrected chi connectivity index (χ0v) is 30.7. The standard InChI is InChI=1S/C50H28N6O2/c1-52-43-22-24-54-30-42(43)35-17-20-46-40(27-35)39-26-34(41-29-53-23-21-36(41)28-51)16-19-45(39)55(46)47-14-8-13-37-48(47)50(58)56(49(37)57)44-18-15-33(31-9-4-2-5-10-31)25-38(44)32-11-6-3-7-12-32/h2-27,29-30H. The van der Waals surface area contributed by atoms with Crippen molar-refractivity contribution >= 4 is 45.0 Å². The smallest absolute Gasteiger partial charge is 0.268 e. The van der Waals surface area contributed by atoms with Crippen molar-refractivity contribution in [2.75, 3.05) is 4.90 Å². The van der Waals surface area contributed by atoms with E-state index in [1.165, 1.54) is 4.90 Å². The van der Waals surface area contributed by atoms with Gasteiger partial charge in [-0.05, 0) is 88.5 Å². The zero-order valence-electron chi connectivity index (χ0n) is 30.7. The van der Waals surface area contributed by atoms with Gasteiger partial charge in [-0.1, -0.05) is 84.9 Å². The van der Waals surface area contributed by atoms with Crippen LogP contribution in [0.2, 0.25) is 0 Å². The minimum atomic E-state index is -0.422. The van der Waals surface area contributed by atoms with E-state index in [0.29, 0.717) is 44.9 Å². The summed E-state index contributed by atoms with van der Waals surface area (Å²) >= 11 is 0. The number of aromatic nitrogens is 3. The van der Waals surface area contributed by atoms with Crippen LogP contribution in [0.5, 0.6) is 0 Å². The molecule has 0 unspecified atom stereocenters. The third-order valence-electron chi connectivity index (χ3n) is 10.8. The molecule has 4 heterocycles. The Kier molecular flexibility index (Phi) is 8.04. The van der Waals surface area contributed by atoms with Crippen LogP contribution in [0.3, 0.4) is 0 Å². The van der Waals surface area contributed by atoms with Gasteiger partial charge in [0.05, 0.1) is 51.7 Å². The van der Waals surface area contributed by atoms with Crippen LogP contribution < -0.4 is 4.90 Å². The van der Waals surface area contributed by atoms with Crippen LogP contribution in [-0.4, -0.2) is 26.3 Å². The summed E-state index contributed by atoms with van der Waals surface area (Å²) < 4.78 is 2.02. The number of carbonyl (C=O) groups is 2. The number of nitriles is 1. The highest BCUT2D eigenvalue weighted by molar-refractivity contribution is 6.36. The summed E-state index contributed by atoms with van der Waals surface area (Å²) in [6.07, 6.45) is 6.57. The molecule has 1 aliphatic heterocycles. The van der Waals surface area contributed by atoms with Gasteiger partial charge < -0.3 is 4.57 Å². The number of rotatable bonds is 6. The quantitative estimate of drug-likeness (QED) is 0.125. The van der Waals surface area contributed by atoms with Crippen molar-refractivity contribution in [1.82, 2.24) is 14.5 Å². The van der Waals surface area contributed by atoms with Crippen molar-refractivity contribution < 1.29 is 9.59 Å². The molecule has 0 fully saturated rings. The summed E-state index contributed by atoms with van der Waals surface area (Å²) in [4.78, 5) is 43.2. The van der Waals surface area contributed by atoms with Gasteiger partial charge in [0.1, 0.15) is 0 Å². The Morgan fingerprint density at radius 3 is 1.86 bits per heavy atom. The number of hydrogen-bond donors (Lipinski definition) is 0. The molecule has 9 aromatic rings. The summed E-state index contributed by atoms with van der Waals surface area (Å²) in [5.74, 6) is -0.824. The number of anilines is 1. The van der Waals surface area contributed by atoms with Crippen LogP contribution in [0.4, 0.5) is 11.4 Å². The van der Waals surface area contributed by atoms with Crippen molar-refractivity contribution in [3.05, 3.63) is 198 Å². The van der Waals surface area contributed by atoms with Crippen LogP contribution in [0.1, 0.15) is 26.3 Å². The molecule has 10 rings (SSSR count). The number of amides is 2. The van der Waals surface area contributed by atoms with E-state index < -0.39 is 11.8 Å². The highest BCUT2D eigenvalue weighted by Crippen LogP contribution is 2.43. The fourth-order valence-electron chi connectivity index (χ4n) is 8.11. The number of hydrogen-bond acceptors (Lipinski definition) is 5. The Bertz CT molecular complexity index is 3130. The van der Waals surface area contributed by atoms with Gasteiger partial charge in [-0.15, -0.1) is 0 Å². The maximum absolute atomic E-state index is 15.0. The van der Waals surface area contributed by atoms with Crippen molar-refractivity contribution in [1.29, 1.82) is 5.26 Å². The number of benzene rings is 6. The number of nitrogens with zero attached hydrogens (tertiary/aromatic N) is 6. The van der Waals surface area contributed by atoms with E-state index in [-0.39, 0.29) is 0 Å². The van der Waals surface area contributed by atoms with Crippen LogP contribution in [-0.2, 0) is 0 Å². The second-order valence-electron chi connectivity index (χ2n) is 13.9. The molecule has 0 bridgehead atoms. The molecule has 58 heavy (non-hydrogen) atoms. The topological polar surface area (TPSA) is 96.2 Å². The maximum atomic E-state index is 15.0. The van der Waals surface area contributed by atoms with Crippen LogP contribution in [0.25, 0.3) is 76.8 Å². The summed E-state index contributed by atoms with van der Waals surface area (Å²) in [6.45, 7) is 7.80. The molecule has 0 spiro atoms. The van der Waals surface area contributed by atoms with E-state index in [1.807, 2.05) is 132 Å². The lowest BCUT2D eigenvalue weighted by molar-refractivity contribution is 0.0926. The first kappa shape index (κ1) is 34.1. The lowest BCUT2D eigenvalue weighted by atomic mass is 9.97. The van der Waals surface area contributed by atoms with Crippen LogP contribution >= 0.6 is 0 Å². The molecule has 3 aromatic heterocycles. The van der Waals surface area contributed by atoms with Crippen LogP contribution in [0, 0.1) is 17.9 Å². The third kappa shape index (κ3) is 5.36. The SMILES string of the molecule is [C-]#[N+]c1ccncc1-c1ccc2c(c1)c1cc(-c3cnccc3C#N)ccc1n2-c1cccc2c1C(=O)N(c1ccc(-c3ccccc3)cc1-c1ccccc1)C2=O. The monoisotopic (exact) mass is 744 g/mol. The zero-order chi connectivity index (χ0) is 39.3. The van der Waals surface area contributed by atoms with E-state index in [0.717, 1.165) is 55.2 Å². The van der Waals surface area contributed by atoms with Gasteiger partial charge in [0.2, 0.25) is 0 Å². The average molecular weight is 745 g/mol. The molecule has 0 radical (unpaired) electrons. The number of carbonyl (C=O) groups excluding carboxylic acids is 2. The van der Waals surface area contributed by atoms with E-state index >= 15 is 0 Å². The Balaban J connectivity index is 1.18. The molecule has 0 saturated heterocycles.